The maximum absolute atomic E-state index is 13.5. The summed E-state index contributed by atoms with van der Waals surface area (Å²) in [7, 11) is 0. The minimum Gasteiger partial charge on any atom is -0.475 e. The molecule has 0 amide bonds. The van der Waals surface area contributed by atoms with Gasteiger partial charge in [0.15, 0.2) is 5.78 Å². The SMILES string of the molecule is CCOC(=O)C1(Cc2cccc(C)c2)CCN(Cc2cncn2Cc2ccc(C#N)cc2)CC1=O.O=C(O)C(F)(F)F. The number of piperidine rings is 1. The first-order valence-corrected chi connectivity index (χ1v) is 13.1. The zero-order chi connectivity index (χ0) is 30.9. The highest BCUT2D eigenvalue weighted by molar-refractivity contribution is 6.05. The van der Waals surface area contributed by atoms with Crippen LogP contribution in [0.15, 0.2) is 61.1 Å². The number of rotatable bonds is 8. The average molecular weight is 585 g/mol. The average Bonchev–Trinajstić information content (AvgIpc) is 3.37. The Balaban J connectivity index is 0.000000616. The third-order valence-electron chi connectivity index (χ3n) is 6.87. The van der Waals surface area contributed by atoms with Crippen LogP contribution in [0.1, 0.15) is 41.3 Å². The van der Waals surface area contributed by atoms with Gasteiger partial charge in [-0.15, -0.1) is 0 Å². The quantitative estimate of drug-likeness (QED) is 0.307. The maximum Gasteiger partial charge on any atom is 0.490 e. The number of benzene rings is 2. The number of hydrogen-bond donors (Lipinski definition) is 1. The van der Waals surface area contributed by atoms with Gasteiger partial charge in [0.2, 0.25) is 0 Å². The lowest BCUT2D eigenvalue weighted by Crippen LogP contribution is -2.53. The molecule has 0 saturated carbocycles. The van der Waals surface area contributed by atoms with Crippen molar-refractivity contribution in [1.82, 2.24) is 14.5 Å². The molecule has 9 nitrogen and oxygen atoms in total. The van der Waals surface area contributed by atoms with E-state index in [2.05, 4.69) is 16.0 Å². The number of carbonyl (C=O) groups is 3. The molecule has 0 radical (unpaired) electrons. The molecule has 42 heavy (non-hydrogen) atoms. The van der Waals surface area contributed by atoms with Gasteiger partial charge in [-0.1, -0.05) is 42.0 Å². The van der Waals surface area contributed by atoms with Crippen molar-refractivity contribution in [2.75, 3.05) is 19.7 Å². The van der Waals surface area contributed by atoms with Crippen LogP contribution in [0.4, 0.5) is 13.2 Å². The summed E-state index contributed by atoms with van der Waals surface area (Å²) in [5.74, 6) is -3.27. The van der Waals surface area contributed by atoms with Crippen LogP contribution < -0.4 is 0 Å². The van der Waals surface area contributed by atoms with Gasteiger partial charge in [-0.2, -0.15) is 18.4 Å². The summed E-state index contributed by atoms with van der Waals surface area (Å²) in [5, 5.41) is 16.1. The Morgan fingerprint density at radius 3 is 2.40 bits per heavy atom. The molecule has 0 bridgehead atoms. The molecule has 1 N–H and O–H groups in total. The summed E-state index contributed by atoms with van der Waals surface area (Å²) in [4.78, 5) is 41.8. The number of nitrogens with zero attached hydrogens (tertiary/aromatic N) is 4. The van der Waals surface area contributed by atoms with Gasteiger partial charge in [0.25, 0.3) is 0 Å². The first-order chi connectivity index (χ1) is 19.9. The maximum atomic E-state index is 13.5. The van der Waals surface area contributed by atoms with Crippen molar-refractivity contribution < 1.29 is 37.4 Å². The van der Waals surface area contributed by atoms with E-state index in [0.717, 1.165) is 22.4 Å². The van der Waals surface area contributed by atoms with Crippen LogP contribution in [0.2, 0.25) is 0 Å². The lowest BCUT2D eigenvalue weighted by Gasteiger charge is -2.38. The molecule has 1 saturated heterocycles. The summed E-state index contributed by atoms with van der Waals surface area (Å²) >= 11 is 0. The zero-order valence-electron chi connectivity index (χ0n) is 23.2. The van der Waals surface area contributed by atoms with Gasteiger partial charge in [-0.25, -0.2) is 9.78 Å². The second-order valence-corrected chi connectivity index (χ2v) is 9.98. The highest BCUT2D eigenvalue weighted by Crippen LogP contribution is 2.35. The highest BCUT2D eigenvalue weighted by Gasteiger charge is 2.49. The summed E-state index contributed by atoms with van der Waals surface area (Å²) in [6, 6.07) is 17.6. The van der Waals surface area contributed by atoms with E-state index in [-0.39, 0.29) is 18.9 Å². The number of aliphatic carboxylic acids is 1. The smallest absolute Gasteiger partial charge is 0.475 e. The number of likely N-dealkylation sites (tertiary alicyclic amines) is 1. The van der Waals surface area contributed by atoms with Gasteiger partial charge in [0.1, 0.15) is 5.41 Å². The van der Waals surface area contributed by atoms with Crippen molar-refractivity contribution in [1.29, 1.82) is 5.26 Å². The predicted molar refractivity (Wildman–Crippen MR) is 145 cm³/mol. The Morgan fingerprint density at radius 1 is 1.14 bits per heavy atom. The van der Waals surface area contributed by atoms with E-state index in [1.165, 1.54) is 0 Å². The molecule has 1 unspecified atom stereocenters. The van der Waals surface area contributed by atoms with E-state index in [0.29, 0.717) is 38.0 Å². The molecule has 0 aliphatic carbocycles. The number of hydrogen-bond acceptors (Lipinski definition) is 7. The first-order valence-electron chi connectivity index (χ1n) is 13.1. The molecule has 1 aliphatic rings. The van der Waals surface area contributed by atoms with Gasteiger partial charge in [-0.05, 0) is 49.9 Å². The van der Waals surface area contributed by atoms with Crippen molar-refractivity contribution >= 4 is 17.7 Å². The Morgan fingerprint density at radius 2 is 1.83 bits per heavy atom. The molecular formula is C30H31F3N4O5. The van der Waals surface area contributed by atoms with Crippen molar-refractivity contribution in [3.8, 4) is 6.07 Å². The van der Waals surface area contributed by atoms with E-state index in [1.54, 1.807) is 25.4 Å². The number of alkyl halides is 3. The molecule has 1 fully saturated rings. The highest BCUT2D eigenvalue weighted by atomic mass is 19.4. The lowest BCUT2D eigenvalue weighted by atomic mass is 9.72. The van der Waals surface area contributed by atoms with Crippen LogP contribution in [-0.4, -0.2) is 63.2 Å². The number of aromatic nitrogens is 2. The van der Waals surface area contributed by atoms with Gasteiger partial charge in [0, 0.05) is 25.8 Å². The molecule has 2 heterocycles. The third kappa shape index (κ3) is 8.27. The molecule has 12 heteroatoms. The van der Waals surface area contributed by atoms with E-state index in [1.807, 2.05) is 54.1 Å². The van der Waals surface area contributed by atoms with Crippen LogP contribution in [0.25, 0.3) is 0 Å². The summed E-state index contributed by atoms with van der Waals surface area (Å²) < 4.78 is 39.2. The first kappa shape index (κ1) is 32.0. The van der Waals surface area contributed by atoms with E-state index in [4.69, 9.17) is 19.9 Å². The monoisotopic (exact) mass is 584 g/mol. The van der Waals surface area contributed by atoms with Crippen molar-refractivity contribution in [2.24, 2.45) is 5.41 Å². The minimum atomic E-state index is -5.08. The number of carboxylic acid groups (broad SMARTS) is 1. The largest absolute Gasteiger partial charge is 0.490 e. The van der Waals surface area contributed by atoms with Crippen LogP contribution in [0.3, 0.4) is 0 Å². The minimum absolute atomic E-state index is 0.0955. The third-order valence-corrected chi connectivity index (χ3v) is 6.87. The second-order valence-electron chi connectivity index (χ2n) is 9.98. The molecule has 3 aromatic rings. The number of ketones is 1. The lowest BCUT2D eigenvalue weighted by molar-refractivity contribution is -0.192. The summed E-state index contributed by atoms with van der Waals surface area (Å²) in [6.07, 6.45) is -0.715. The second kappa shape index (κ2) is 13.9. The van der Waals surface area contributed by atoms with Crippen molar-refractivity contribution in [3.63, 3.8) is 0 Å². The summed E-state index contributed by atoms with van der Waals surface area (Å²) in [5.41, 5.74) is 3.61. The Hall–Kier alpha value is -4.50. The number of halogens is 3. The molecule has 1 atom stereocenters. The van der Waals surface area contributed by atoms with Crippen LogP contribution in [0.5, 0.6) is 0 Å². The van der Waals surface area contributed by atoms with Gasteiger partial charge < -0.3 is 14.4 Å². The number of carboxylic acids is 1. The molecule has 0 spiro atoms. The number of Topliss-reactive ketones (excluding diaryl/α,β-unsaturated/α-hetero) is 1. The predicted octanol–water partition coefficient (Wildman–Crippen LogP) is 4.31. The Kier molecular flexibility index (Phi) is 10.6. The fourth-order valence-electron chi connectivity index (χ4n) is 4.70. The van der Waals surface area contributed by atoms with Crippen molar-refractivity contribution in [2.45, 2.75) is 46.0 Å². The number of imidazole rings is 1. The van der Waals surface area contributed by atoms with Gasteiger partial charge >= 0.3 is 18.1 Å². The van der Waals surface area contributed by atoms with E-state index < -0.39 is 23.5 Å². The van der Waals surface area contributed by atoms with E-state index in [9.17, 15) is 22.8 Å². The van der Waals surface area contributed by atoms with Crippen molar-refractivity contribution in [3.05, 3.63) is 89.0 Å². The van der Waals surface area contributed by atoms with Gasteiger partial charge in [0.05, 0.1) is 36.8 Å². The molecular weight excluding hydrogens is 553 g/mol. The zero-order valence-corrected chi connectivity index (χ0v) is 23.2. The fraction of sp³-hybridized carbons (Fsp3) is 0.367. The van der Waals surface area contributed by atoms with Crippen LogP contribution in [-0.2, 0) is 38.6 Å². The number of nitriles is 1. The van der Waals surface area contributed by atoms with E-state index >= 15 is 0 Å². The molecule has 2 aromatic carbocycles. The molecule has 222 valence electrons. The number of esters is 1. The normalized spacial score (nSPS) is 17.1. The molecule has 1 aromatic heterocycles. The van der Waals surface area contributed by atoms with Crippen LogP contribution in [0, 0.1) is 23.7 Å². The van der Waals surface area contributed by atoms with Gasteiger partial charge in [-0.3, -0.25) is 14.5 Å². The standard InChI is InChI=1S/C28H30N4O3.C2HF3O2/c1-3-35-27(34)28(14-24-6-4-5-21(2)13-24)11-12-31(19-26(28)33)18-25-16-30-20-32(25)17-23-9-7-22(15-29)8-10-23;3-2(4,5)1(6)7/h4-10,13,16,20H,3,11-12,14,17-19H2,1-2H3;(H,6,7). The fourth-order valence-corrected chi connectivity index (χ4v) is 4.70. The topological polar surface area (TPSA) is 126 Å². The summed E-state index contributed by atoms with van der Waals surface area (Å²) in [6.45, 7) is 6.01. The molecule has 1 aliphatic heterocycles. The Bertz CT molecular complexity index is 1450. The Labute approximate surface area is 241 Å². The number of aryl methyl sites for hydroxylation is 1. The number of carbonyl (C=O) groups excluding carboxylic acids is 2. The number of ether oxygens (including phenoxy) is 1. The van der Waals surface area contributed by atoms with Crippen LogP contribution >= 0.6 is 0 Å². The molecule has 4 rings (SSSR count).